The summed E-state index contributed by atoms with van der Waals surface area (Å²) in [4.78, 5) is 11.5. The number of hydrogen-bond acceptors (Lipinski definition) is 1. The molecule has 0 saturated carbocycles. The predicted molar refractivity (Wildman–Crippen MR) is 51.9 cm³/mol. The fourth-order valence-corrected chi connectivity index (χ4v) is 1.97. The van der Waals surface area contributed by atoms with E-state index < -0.39 is 0 Å². The van der Waals surface area contributed by atoms with Crippen LogP contribution in [0.15, 0.2) is 18.2 Å². The maximum absolute atomic E-state index is 11.5. The second-order valence-electron chi connectivity index (χ2n) is 3.38. The van der Waals surface area contributed by atoms with Crippen molar-refractivity contribution < 1.29 is 4.79 Å². The fraction of sp³-hybridized carbons (Fsp3) is 0.364. The maximum Gasteiger partial charge on any atom is 0.251 e. The largest absolute Gasteiger partial charge is 0.355 e. The van der Waals surface area contributed by atoms with Crippen LogP contribution in [-0.4, -0.2) is 13.0 Å². The van der Waals surface area contributed by atoms with Crippen molar-refractivity contribution in [1.29, 1.82) is 0 Å². The number of benzene rings is 1. The van der Waals surface area contributed by atoms with Crippen LogP contribution in [0, 0.1) is 0 Å². The van der Waals surface area contributed by atoms with Crippen LogP contribution < -0.4 is 5.32 Å². The van der Waals surface area contributed by atoms with E-state index in [4.69, 9.17) is 0 Å². The first-order valence-corrected chi connectivity index (χ1v) is 4.66. The van der Waals surface area contributed by atoms with Gasteiger partial charge in [-0.05, 0) is 36.5 Å². The van der Waals surface area contributed by atoms with Gasteiger partial charge in [-0.3, -0.25) is 4.79 Å². The lowest BCUT2D eigenvalue weighted by molar-refractivity contribution is 0.0962. The van der Waals surface area contributed by atoms with Gasteiger partial charge < -0.3 is 5.32 Å². The molecule has 0 aliphatic heterocycles. The summed E-state index contributed by atoms with van der Waals surface area (Å²) in [6, 6.07) is 5.99. The minimum absolute atomic E-state index is 0.0405. The highest BCUT2D eigenvalue weighted by atomic mass is 16.1. The number of rotatable bonds is 1. The number of fused-ring (bicyclic) bond motifs is 1. The third-order valence-corrected chi connectivity index (χ3v) is 2.62. The minimum Gasteiger partial charge on any atom is -0.355 e. The van der Waals surface area contributed by atoms with Crippen LogP contribution in [0.1, 0.15) is 27.9 Å². The SMILES string of the molecule is CNC(=O)c1cccc2c1CCC2. The predicted octanol–water partition coefficient (Wildman–Crippen LogP) is 1.53. The van der Waals surface area contributed by atoms with Gasteiger partial charge >= 0.3 is 0 Å². The summed E-state index contributed by atoms with van der Waals surface area (Å²) in [6.45, 7) is 0. The number of carbonyl (C=O) groups excluding carboxylic acids is 1. The number of aryl methyl sites for hydroxylation is 1. The van der Waals surface area contributed by atoms with Crippen molar-refractivity contribution in [1.82, 2.24) is 5.32 Å². The molecule has 0 saturated heterocycles. The summed E-state index contributed by atoms with van der Waals surface area (Å²) >= 11 is 0. The third-order valence-electron chi connectivity index (χ3n) is 2.62. The average Bonchev–Trinajstić information content (AvgIpc) is 2.63. The quantitative estimate of drug-likeness (QED) is 0.689. The second-order valence-corrected chi connectivity index (χ2v) is 3.38. The first-order valence-electron chi connectivity index (χ1n) is 4.66. The van der Waals surface area contributed by atoms with Crippen molar-refractivity contribution in [3.8, 4) is 0 Å². The Morgan fingerprint density at radius 3 is 3.00 bits per heavy atom. The maximum atomic E-state index is 11.5. The Labute approximate surface area is 78.0 Å². The molecule has 2 nitrogen and oxygen atoms in total. The van der Waals surface area contributed by atoms with Crippen molar-refractivity contribution in [3.05, 3.63) is 34.9 Å². The lowest BCUT2D eigenvalue weighted by Gasteiger charge is -2.05. The van der Waals surface area contributed by atoms with E-state index in [2.05, 4.69) is 11.4 Å². The van der Waals surface area contributed by atoms with Crippen molar-refractivity contribution in [3.63, 3.8) is 0 Å². The molecule has 2 heteroatoms. The van der Waals surface area contributed by atoms with E-state index in [1.54, 1.807) is 7.05 Å². The molecule has 68 valence electrons. The summed E-state index contributed by atoms with van der Waals surface area (Å²) in [6.07, 6.45) is 3.36. The van der Waals surface area contributed by atoms with E-state index in [0.29, 0.717) is 0 Å². The summed E-state index contributed by atoms with van der Waals surface area (Å²) in [5.41, 5.74) is 3.46. The highest BCUT2D eigenvalue weighted by Crippen LogP contribution is 2.24. The molecule has 0 spiro atoms. The summed E-state index contributed by atoms with van der Waals surface area (Å²) in [5, 5.41) is 2.67. The Bertz CT molecular complexity index is 344. The third kappa shape index (κ3) is 1.32. The summed E-state index contributed by atoms with van der Waals surface area (Å²) < 4.78 is 0. The molecule has 0 fully saturated rings. The van der Waals surface area contributed by atoms with Crippen molar-refractivity contribution in [2.24, 2.45) is 0 Å². The molecule has 1 aromatic carbocycles. The molecule has 0 aromatic heterocycles. The first kappa shape index (κ1) is 8.30. The van der Waals surface area contributed by atoms with Gasteiger partial charge in [-0.25, -0.2) is 0 Å². The normalized spacial score (nSPS) is 13.9. The molecule has 13 heavy (non-hydrogen) atoms. The lowest BCUT2D eigenvalue weighted by Crippen LogP contribution is -2.19. The van der Waals surface area contributed by atoms with Crippen molar-refractivity contribution in [2.45, 2.75) is 19.3 Å². The zero-order valence-electron chi connectivity index (χ0n) is 7.76. The fourth-order valence-electron chi connectivity index (χ4n) is 1.97. The van der Waals surface area contributed by atoms with Gasteiger partial charge in [0.05, 0.1) is 0 Å². The van der Waals surface area contributed by atoms with Crippen LogP contribution >= 0.6 is 0 Å². The van der Waals surface area contributed by atoms with E-state index >= 15 is 0 Å². The summed E-state index contributed by atoms with van der Waals surface area (Å²) in [7, 11) is 1.68. The summed E-state index contributed by atoms with van der Waals surface area (Å²) in [5.74, 6) is 0.0405. The van der Waals surface area contributed by atoms with E-state index in [0.717, 1.165) is 18.4 Å². The molecule has 0 heterocycles. The molecule has 0 radical (unpaired) electrons. The molecule has 2 rings (SSSR count). The molecular weight excluding hydrogens is 162 g/mol. The number of amides is 1. The molecular formula is C11H13NO. The van der Waals surface area contributed by atoms with Crippen LogP contribution in [0.3, 0.4) is 0 Å². The van der Waals surface area contributed by atoms with Crippen molar-refractivity contribution in [2.75, 3.05) is 7.05 Å². The molecule has 0 bridgehead atoms. The molecule has 0 atom stereocenters. The average molecular weight is 175 g/mol. The monoisotopic (exact) mass is 175 g/mol. The number of carbonyl (C=O) groups is 1. The van der Waals surface area contributed by atoms with Gasteiger partial charge in [-0.1, -0.05) is 12.1 Å². The van der Waals surface area contributed by atoms with Gasteiger partial charge in [0, 0.05) is 12.6 Å². The van der Waals surface area contributed by atoms with Crippen LogP contribution in [0.5, 0.6) is 0 Å². The Balaban J connectivity index is 2.47. The topological polar surface area (TPSA) is 29.1 Å². The molecule has 1 aliphatic rings. The van der Waals surface area contributed by atoms with E-state index in [-0.39, 0.29) is 5.91 Å². The van der Waals surface area contributed by atoms with Gasteiger partial charge in [0.2, 0.25) is 0 Å². The molecule has 1 aliphatic carbocycles. The number of nitrogens with one attached hydrogen (secondary N) is 1. The number of hydrogen-bond donors (Lipinski definition) is 1. The van der Waals surface area contributed by atoms with Gasteiger partial charge in [0.25, 0.3) is 5.91 Å². The van der Waals surface area contributed by atoms with E-state index in [1.165, 1.54) is 17.5 Å². The second kappa shape index (κ2) is 3.21. The smallest absolute Gasteiger partial charge is 0.251 e. The highest BCUT2D eigenvalue weighted by molar-refractivity contribution is 5.95. The first-order chi connectivity index (χ1) is 6.33. The van der Waals surface area contributed by atoms with E-state index in [9.17, 15) is 4.79 Å². The zero-order valence-corrected chi connectivity index (χ0v) is 7.76. The molecule has 1 N–H and O–H groups in total. The van der Waals surface area contributed by atoms with Crippen LogP contribution in [-0.2, 0) is 12.8 Å². The van der Waals surface area contributed by atoms with Crippen molar-refractivity contribution >= 4 is 5.91 Å². The zero-order chi connectivity index (χ0) is 9.26. The van der Waals surface area contributed by atoms with Crippen LogP contribution in [0.4, 0.5) is 0 Å². The van der Waals surface area contributed by atoms with Gasteiger partial charge in [-0.15, -0.1) is 0 Å². The van der Waals surface area contributed by atoms with Crippen LogP contribution in [0.25, 0.3) is 0 Å². The van der Waals surface area contributed by atoms with Gasteiger partial charge in [-0.2, -0.15) is 0 Å². The van der Waals surface area contributed by atoms with Gasteiger partial charge in [0.15, 0.2) is 0 Å². The standard InChI is InChI=1S/C11H13NO/c1-12-11(13)10-7-3-5-8-4-2-6-9(8)10/h3,5,7H,2,4,6H2,1H3,(H,12,13). The van der Waals surface area contributed by atoms with Gasteiger partial charge in [0.1, 0.15) is 0 Å². The Morgan fingerprint density at radius 1 is 1.38 bits per heavy atom. The van der Waals surface area contributed by atoms with Crippen LogP contribution in [0.2, 0.25) is 0 Å². The Hall–Kier alpha value is -1.31. The molecule has 1 amide bonds. The Kier molecular flexibility index (Phi) is 2.05. The Morgan fingerprint density at radius 2 is 2.23 bits per heavy atom. The minimum atomic E-state index is 0.0405. The highest BCUT2D eigenvalue weighted by Gasteiger charge is 2.17. The lowest BCUT2D eigenvalue weighted by atomic mass is 10.0. The molecule has 1 aromatic rings. The molecule has 0 unspecified atom stereocenters. The van der Waals surface area contributed by atoms with E-state index in [1.807, 2.05) is 12.1 Å².